The number of carboxylic acid groups (broad SMARTS) is 1. The van der Waals surface area contributed by atoms with Crippen molar-refractivity contribution >= 4 is 11.8 Å². The first-order chi connectivity index (χ1) is 11.3. The van der Waals surface area contributed by atoms with Crippen molar-refractivity contribution in [3.63, 3.8) is 0 Å². The maximum atomic E-state index is 12.0. The fraction of sp³-hybridized carbons (Fsp3) is 0.643. The van der Waals surface area contributed by atoms with Gasteiger partial charge in [-0.15, -0.1) is 0 Å². The number of nitrogens with zero attached hydrogens (tertiary/aromatic N) is 2. The van der Waals surface area contributed by atoms with Gasteiger partial charge in [-0.2, -0.15) is 4.98 Å². The van der Waals surface area contributed by atoms with Crippen LogP contribution in [0, 0.1) is 0 Å². The van der Waals surface area contributed by atoms with Gasteiger partial charge in [-0.3, -0.25) is 9.36 Å². The lowest BCUT2D eigenvalue weighted by Crippen LogP contribution is -2.35. The highest BCUT2D eigenvalue weighted by molar-refractivity contribution is 5.66. The number of hydrogen-bond donors (Lipinski definition) is 3. The Morgan fingerprint density at radius 1 is 1.46 bits per heavy atom. The van der Waals surface area contributed by atoms with Crippen molar-refractivity contribution in [3.05, 3.63) is 22.7 Å². The SMILES string of the molecule is C[C@]1(CCC(=O)O)O[C@@H]2[C@H](O1)[C@@H](CO)O[C@H]2n1ccc(N)nc1=O. The van der Waals surface area contributed by atoms with E-state index in [0.717, 1.165) is 0 Å². The van der Waals surface area contributed by atoms with Crippen molar-refractivity contribution in [3.8, 4) is 0 Å². The first-order valence-corrected chi connectivity index (χ1v) is 7.51. The zero-order chi connectivity index (χ0) is 17.5. The van der Waals surface area contributed by atoms with E-state index >= 15 is 0 Å². The second-order valence-electron chi connectivity index (χ2n) is 5.98. The topological polar surface area (TPSA) is 146 Å². The lowest BCUT2D eigenvalue weighted by Gasteiger charge is -2.27. The molecule has 5 atom stereocenters. The predicted octanol–water partition coefficient (Wildman–Crippen LogP) is -0.920. The van der Waals surface area contributed by atoms with Gasteiger partial charge in [0.15, 0.2) is 12.0 Å². The van der Waals surface area contributed by atoms with Gasteiger partial charge in [-0.25, -0.2) is 4.79 Å². The van der Waals surface area contributed by atoms with Gasteiger partial charge in [0.25, 0.3) is 0 Å². The Kier molecular flexibility index (Phi) is 4.30. The van der Waals surface area contributed by atoms with Crippen LogP contribution < -0.4 is 11.4 Å². The highest BCUT2D eigenvalue weighted by atomic mass is 16.8. The number of carbonyl (C=O) groups is 1. The molecule has 2 fully saturated rings. The average molecular weight is 341 g/mol. The maximum Gasteiger partial charge on any atom is 0.351 e. The number of anilines is 1. The van der Waals surface area contributed by atoms with Crippen LogP contribution in [0.3, 0.4) is 0 Å². The van der Waals surface area contributed by atoms with E-state index in [4.69, 9.17) is 25.1 Å². The Bertz CT molecular complexity index is 693. The highest BCUT2D eigenvalue weighted by Gasteiger charge is 2.57. The largest absolute Gasteiger partial charge is 0.481 e. The molecule has 2 aliphatic heterocycles. The van der Waals surface area contributed by atoms with Gasteiger partial charge < -0.3 is 30.2 Å². The summed E-state index contributed by atoms with van der Waals surface area (Å²) in [5, 5.41) is 18.3. The number of rotatable bonds is 5. The smallest absolute Gasteiger partial charge is 0.351 e. The van der Waals surface area contributed by atoms with E-state index in [2.05, 4.69) is 4.98 Å². The van der Waals surface area contributed by atoms with Crippen LogP contribution in [0.5, 0.6) is 0 Å². The van der Waals surface area contributed by atoms with E-state index in [-0.39, 0.29) is 25.3 Å². The van der Waals surface area contributed by atoms with Gasteiger partial charge in [-0.05, 0) is 13.0 Å². The molecule has 0 saturated carbocycles. The number of nitrogen functional groups attached to an aromatic ring is 1. The molecule has 0 bridgehead atoms. The van der Waals surface area contributed by atoms with Crippen LogP contribution in [0.4, 0.5) is 5.82 Å². The fourth-order valence-electron chi connectivity index (χ4n) is 3.02. The lowest BCUT2D eigenvalue weighted by atomic mass is 10.1. The molecule has 2 aliphatic rings. The Balaban J connectivity index is 1.86. The molecule has 0 unspecified atom stereocenters. The average Bonchev–Trinajstić information content (AvgIpc) is 3.01. The molecule has 4 N–H and O–H groups in total. The number of carboxylic acids is 1. The molecule has 0 spiro atoms. The van der Waals surface area contributed by atoms with Crippen LogP contribution in [0.15, 0.2) is 17.1 Å². The summed E-state index contributed by atoms with van der Waals surface area (Å²) in [6, 6.07) is 1.45. The summed E-state index contributed by atoms with van der Waals surface area (Å²) in [6.45, 7) is 1.30. The molecule has 10 nitrogen and oxygen atoms in total. The molecule has 0 aromatic carbocycles. The number of nitrogens with two attached hydrogens (primary N) is 1. The second kappa shape index (κ2) is 6.13. The molecule has 0 amide bonds. The summed E-state index contributed by atoms with van der Waals surface area (Å²) in [5.74, 6) is -2.01. The van der Waals surface area contributed by atoms with Crippen LogP contribution >= 0.6 is 0 Å². The number of aliphatic hydroxyl groups excluding tert-OH is 1. The maximum absolute atomic E-state index is 12.0. The second-order valence-corrected chi connectivity index (χ2v) is 5.98. The fourth-order valence-corrected chi connectivity index (χ4v) is 3.02. The highest BCUT2D eigenvalue weighted by Crippen LogP contribution is 2.44. The number of aromatic nitrogens is 2. The minimum Gasteiger partial charge on any atom is -0.481 e. The zero-order valence-corrected chi connectivity index (χ0v) is 13.0. The van der Waals surface area contributed by atoms with Crippen molar-refractivity contribution in [2.45, 2.75) is 50.1 Å². The van der Waals surface area contributed by atoms with Crippen LogP contribution in [0.25, 0.3) is 0 Å². The monoisotopic (exact) mass is 341 g/mol. The van der Waals surface area contributed by atoms with Crippen molar-refractivity contribution < 1.29 is 29.2 Å². The van der Waals surface area contributed by atoms with Gasteiger partial charge in [0.2, 0.25) is 0 Å². The van der Waals surface area contributed by atoms with E-state index in [9.17, 15) is 14.7 Å². The standard InChI is InChI=1S/C14H19N3O7/c1-14(4-2-9(19)20)23-10-7(6-18)22-12(11(10)24-14)17-5-3-8(15)16-13(17)21/h3,5,7,10-12,18H,2,4,6H2,1H3,(H,19,20)(H2,15,16,21)/t7-,10-,11-,12-,14-/m1/s1. The van der Waals surface area contributed by atoms with Gasteiger partial charge >= 0.3 is 11.7 Å². The van der Waals surface area contributed by atoms with Crippen molar-refractivity contribution in [1.29, 1.82) is 0 Å². The molecule has 3 rings (SSSR count). The Morgan fingerprint density at radius 2 is 2.17 bits per heavy atom. The molecule has 0 radical (unpaired) electrons. The van der Waals surface area contributed by atoms with E-state index in [1.165, 1.54) is 16.8 Å². The van der Waals surface area contributed by atoms with Crippen LogP contribution in [-0.4, -0.2) is 56.4 Å². The van der Waals surface area contributed by atoms with Crippen LogP contribution in [-0.2, 0) is 19.0 Å². The van der Waals surface area contributed by atoms with E-state index < -0.39 is 42.0 Å². The van der Waals surface area contributed by atoms with E-state index in [1.54, 1.807) is 6.92 Å². The molecule has 1 aromatic heterocycles. The number of ether oxygens (including phenoxy) is 3. The molecule has 10 heteroatoms. The van der Waals surface area contributed by atoms with Gasteiger partial charge in [0, 0.05) is 12.6 Å². The molecule has 0 aliphatic carbocycles. The lowest BCUT2D eigenvalue weighted by molar-refractivity contribution is -0.215. The summed E-state index contributed by atoms with van der Waals surface area (Å²) in [6.07, 6.45) is -1.41. The van der Waals surface area contributed by atoms with E-state index in [0.29, 0.717) is 0 Å². The molecule has 1 aromatic rings. The summed E-state index contributed by atoms with van der Waals surface area (Å²) >= 11 is 0. The van der Waals surface area contributed by atoms with Gasteiger partial charge in [-0.1, -0.05) is 0 Å². The summed E-state index contributed by atoms with van der Waals surface area (Å²) in [5.41, 5.74) is 4.87. The molecule has 2 saturated heterocycles. The molecule has 24 heavy (non-hydrogen) atoms. The molecular formula is C14H19N3O7. The number of hydrogen-bond acceptors (Lipinski definition) is 8. The first-order valence-electron chi connectivity index (χ1n) is 7.51. The molecule has 132 valence electrons. The molecular weight excluding hydrogens is 322 g/mol. The number of aliphatic hydroxyl groups is 1. The minimum absolute atomic E-state index is 0.0828. The predicted molar refractivity (Wildman–Crippen MR) is 78.9 cm³/mol. The first kappa shape index (κ1) is 16.8. The van der Waals surface area contributed by atoms with Crippen molar-refractivity contribution in [2.75, 3.05) is 12.3 Å². The molecule has 3 heterocycles. The quantitative estimate of drug-likeness (QED) is 0.618. The minimum atomic E-state index is -1.13. The summed E-state index contributed by atoms with van der Waals surface area (Å²) < 4.78 is 18.6. The Labute approximate surface area is 136 Å². The van der Waals surface area contributed by atoms with Crippen molar-refractivity contribution in [2.24, 2.45) is 0 Å². The summed E-state index contributed by atoms with van der Waals surface area (Å²) in [4.78, 5) is 26.5. The Morgan fingerprint density at radius 3 is 2.79 bits per heavy atom. The third kappa shape index (κ3) is 3.00. The van der Waals surface area contributed by atoms with E-state index in [1.807, 2.05) is 0 Å². The zero-order valence-electron chi connectivity index (χ0n) is 13.0. The number of fused-ring (bicyclic) bond motifs is 1. The van der Waals surface area contributed by atoms with Crippen LogP contribution in [0.2, 0.25) is 0 Å². The third-order valence-corrected chi connectivity index (χ3v) is 4.15. The Hall–Kier alpha value is -2.01. The normalized spacial score (nSPS) is 35.1. The van der Waals surface area contributed by atoms with Crippen LogP contribution in [0.1, 0.15) is 26.0 Å². The number of aliphatic carboxylic acids is 1. The van der Waals surface area contributed by atoms with Gasteiger partial charge in [0.05, 0.1) is 13.0 Å². The third-order valence-electron chi connectivity index (χ3n) is 4.15. The summed E-state index contributed by atoms with van der Waals surface area (Å²) in [7, 11) is 0. The van der Waals surface area contributed by atoms with Gasteiger partial charge in [0.1, 0.15) is 24.1 Å². The van der Waals surface area contributed by atoms with Crippen molar-refractivity contribution in [1.82, 2.24) is 9.55 Å².